The molecule has 0 amide bonds. The van der Waals surface area contributed by atoms with Crippen molar-refractivity contribution in [2.24, 2.45) is 5.92 Å². The maximum atomic E-state index is 13.0. The molecule has 1 saturated carbocycles. The topological polar surface area (TPSA) is 18.5 Å². The number of anilines is 1. The Balaban J connectivity index is 1.50. The summed E-state index contributed by atoms with van der Waals surface area (Å²) in [4.78, 5) is 4.57. The van der Waals surface area contributed by atoms with E-state index in [-0.39, 0.29) is 5.82 Å². The molecule has 126 valence electrons. The average Bonchev–Trinajstić information content (AvgIpc) is 2.58. The standard InChI is InChI=1S/C18H26FN3S/c1-14-4-2-3-5-17(14)20-18(23)22-12-10-21(11-13-22)16-8-6-15(19)7-9-16/h6-9,14,17H,2-5,10-13H2,1H3,(H,20,23)/t14-,17+/m0/s1. The lowest BCUT2D eigenvalue weighted by atomic mass is 9.86. The van der Waals surface area contributed by atoms with E-state index in [1.807, 2.05) is 12.1 Å². The van der Waals surface area contributed by atoms with Crippen molar-refractivity contribution in [1.82, 2.24) is 10.2 Å². The van der Waals surface area contributed by atoms with E-state index in [0.717, 1.165) is 37.0 Å². The van der Waals surface area contributed by atoms with Gasteiger partial charge >= 0.3 is 0 Å². The summed E-state index contributed by atoms with van der Waals surface area (Å²) in [5.41, 5.74) is 1.09. The van der Waals surface area contributed by atoms with Crippen LogP contribution in [0, 0.1) is 11.7 Å². The van der Waals surface area contributed by atoms with Crippen molar-refractivity contribution >= 4 is 23.0 Å². The Morgan fingerprint density at radius 3 is 2.39 bits per heavy atom. The molecular formula is C18H26FN3S. The molecule has 0 aromatic heterocycles. The Kier molecular flexibility index (Phi) is 5.36. The molecule has 1 aromatic rings. The Hall–Kier alpha value is -1.36. The fourth-order valence-electron chi connectivity index (χ4n) is 3.60. The second-order valence-corrected chi connectivity index (χ2v) is 7.15. The summed E-state index contributed by atoms with van der Waals surface area (Å²) in [6.07, 6.45) is 5.20. The lowest BCUT2D eigenvalue weighted by molar-refractivity contribution is 0.293. The van der Waals surface area contributed by atoms with Crippen LogP contribution >= 0.6 is 12.2 Å². The van der Waals surface area contributed by atoms with Crippen molar-refractivity contribution in [3.8, 4) is 0 Å². The van der Waals surface area contributed by atoms with Crippen LogP contribution in [0.1, 0.15) is 32.6 Å². The molecule has 3 nitrogen and oxygen atoms in total. The second-order valence-electron chi connectivity index (χ2n) is 6.77. The summed E-state index contributed by atoms with van der Waals surface area (Å²) in [5, 5.41) is 4.49. The first kappa shape index (κ1) is 16.5. The molecule has 1 aliphatic heterocycles. The van der Waals surface area contributed by atoms with E-state index in [1.165, 1.54) is 37.8 Å². The molecule has 2 atom stereocenters. The third-order valence-corrected chi connectivity index (χ3v) is 5.56. The number of halogens is 1. The van der Waals surface area contributed by atoms with Crippen LogP contribution in [0.5, 0.6) is 0 Å². The summed E-state index contributed by atoms with van der Waals surface area (Å²) in [6.45, 7) is 6.02. The van der Waals surface area contributed by atoms with E-state index < -0.39 is 0 Å². The number of hydrogen-bond donors (Lipinski definition) is 1. The molecule has 2 aliphatic rings. The number of rotatable bonds is 2. The van der Waals surface area contributed by atoms with Crippen molar-refractivity contribution in [2.75, 3.05) is 31.1 Å². The smallest absolute Gasteiger partial charge is 0.169 e. The minimum Gasteiger partial charge on any atom is -0.368 e. The van der Waals surface area contributed by atoms with Crippen molar-refractivity contribution in [3.63, 3.8) is 0 Å². The van der Waals surface area contributed by atoms with E-state index in [1.54, 1.807) is 0 Å². The van der Waals surface area contributed by atoms with Gasteiger partial charge in [0.2, 0.25) is 0 Å². The minimum absolute atomic E-state index is 0.181. The Bertz CT molecular complexity index is 526. The van der Waals surface area contributed by atoms with Gasteiger partial charge in [0.25, 0.3) is 0 Å². The van der Waals surface area contributed by atoms with Crippen molar-refractivity contribution < 1.29 is 4.39 Å². The van der Waals surface area contributed by atoms with Crippen LogP contribution in [-0.2, 0) is 0 Å². The van der Waals surface area contributed by atoms with E-state index >= 15 is 0 Å². The second kappa shape index (κ2) is 7.47. The number of benzene rings is 1. The molecule has 2 fully saturated rings. The van der Waals surface area contributed by atoms with Crippen LogP contribution < -0.4 is 10.2 Å². The highest BCUT2D eigenvalue weighted by Gasteiger charge is 2.25. The monoisotopic (exact) mass is 335 g/mol. The molecule has 0 radical (unpaired) electrons. The predicted molar refractivity (Wildman–Crippen MR) is 97.3 cm³/mol. The van der Waals surface area contributed by atoms with Gasteiger partial charge in [-0.15, -0.1) is 0 Å². The maximum absolute atomic E-state index is 13.0. The molecule has 1 aliphatic carbocycles. The average molecular weight is 335 g/mol. The molecule has 3 rings (SSSR count). The zero-order valence-corrected chi connectivity index (χ0v) is 14.6. The van der Waals surface area contributed by atoms with Gasteiger partial charge in [0.1, 0.15) is 5.82 Å². The van der Waals surface area contributed by atoms with Gasteiger partial charge in [0, 0.05) is 37.9 Å². The molecule has 1 aromatic carbocycles. The van der Waals surface area contributed by atoms with Gasteiger partial charge in [-0.25, -0.2) is 4.39 Å². The third kappa shape index (κ3) is 4.14. The number of piperazine rings is 1. The van der Waals surface area contributed by atoms with Gasteiger partial charge in [-0.2, -0.15) is 0 Å². The van der Waals surface area contributed by atoms with Crippen LogP contribution in [0.2, 0.25) is 0 Å². The maximum Gasteiger partial charge on any atom is 0.169 e. The van der Waals surface area contributed by atoms with Crippen LogP contribution in [0.15, 0.2) is 24.3 Å². The van der Waals surface area contributed by atoms with Crippen molar-refractivity contribution in [2.45, 2.75) is 38.6 Å². The highest BCUT2D eigenvalue weighted by atomic mass is 32.1. The first-order valence-electron chi connectivity index (χ1n) is 8.69. The largest absolute Gasteiger partial charge is 0.368 e. The highest BCUT2D eigenvalue weighted by Crippen LogP contribution is 2.24. The van der Waals surface area contributed by atoms with E-state index in [4.69, 9.17) is 12.2 Å². The number of thiocarbonyl (C=S) groups is 1. The Labute approximate surface area is 143 Å². The molecule has 1 heterocycles. The van der Waals surface area contributed by atoms with Crippen LogP contribution in [-0.4, -0.2) is 42.2 Å². The molecule has 1 N–H and O–H groups in total. The summed E-state index contributed by atoms with van der Waals surface area (Å²) >= 11 is 5.63. The zero-order valence-electron chi connectivity index (χ0n) is 13.8. The van der Waals surface area contributed by atoms with Crippen molar-refractivity contribution in [1.29, 1.82) is 0 Å². The molecule has 1 saturated heterocycles. The third-order valence-electron chi connectivity index (χ3n) is 5.18. The molecule has 0 unspecified atom stereocenters. The molecule has 0 bridgehead atoms. The van der Waals surface area contributed by atoms with E-state index in [9.17, 15) is 4.39 Å². The lowest BCUT2D eigenvalue weighted by Gasteiger charge is -2.39. The first-order chi connectivity index (χ1) is 11.1. The van der Waals surface area contributed by atoms with Gasteiger partial charge in [-0.3, -0.25) is 0 Å². The predicted octanol–water partition coefficient (Wildman–Crippen LogP) is 3.40. The minimum atomic E-state index is -0.181. The van der Waals surface area contributed by atoms with Crippen LogP contribution in [0.3, 0.4) is 0 Å². The quantitative estimate of drug-likeness (QED) is 0.835. The number of hydrogen-bond acceptors (Lipinski definition) is 2. The van der Waals surface area contributed by atoms with E-state index in [0.29, 0.717) is 12.0 Å². The summed E-state index contributed by atoms with van der Waals surface area (Å²) in [7, 11) is 0. The number of nitrogens with one attached hydrogen (secondary N) is 1. The summed E-state index contributed by atoms with van der Waals surface area (Å²) in [5.74, 6) is 0.529. The first-order valence-corrected chi connectivity index (χ1v) is 9.10. The van der Waals surface area contributed by atoms with Gasteiger partial charge in [-0.05, 0) is 55.2 Å². The fourth-order valence-corrected chi connectivity index (χ4v) is 3.93. The lowest BCUT2D eigenvalue weighted by Crippen LogP contribution is -2.54. The highest BCUT2D eigenvalue weighted by molar-refractivity contribution is 7.80. The normalized spacial score (nSPS) is 25.3. The van der Waals surface area contributed by atoms with Crippen LogP contribution in [0.25, 0.3) is 0 Å². The molecule has 5 heteroatoms. The van der Waals surface area contributed by atoms with Gasteiger partial charge in [-0.1, -0.05) is 19.8 Å². The van der Waals surface area contributed by atoms with Crippen molar-refractivity contribution in [3.05, 3.63) is 30.1 Å². The molecular weight excluding hydrogens is 309 g/mol. The van der Waals surface area contributed by atoms with Gasteiger partial charge in [0.15, 0.2) is 5.11 Å². The van der Waals surface area contributed by atoms with Gasteiger partial charge in [0.05, 0.1) is 0 Å². The van der Waals surface area contributed by atoms with Gasteiger partial charge < -0.3 is 15.1 Å². The van der Waals surface area contributed by atoms with E-state index in [2.05, 4.69) is 22.0 Å². The summed E-state index contributed by atoms with van der Waals surface area (Å²) < 4.78 is 13.0. The zero-order chi connectivity index (χ0) is 16.2. The Morgan fingerprint density at radius 2 is 1.74 bits per heavy atom. The number of nitrogens with zero attached hydrogens (tertiary/aromatic N) is 2. The van der Waals surface area contributed by atoms with Crippen LogP contribution in [0.4, 0.5) is 10.1 Å². The fraction of sp³-hybridized carbons (Fsp3) is 0.611. The summed E-state index contributed by atoms with van der Waals surface area (Å²) in [6, 6.07) is 7.29. The SMILES string of the molecule is C[C@H]1CCCC[C@H]1NC(=S)N1CCN(c2ccc(F)cc2)CC1. The Morgan fingerprint density at radius 1 is 1.09 bits per heavy atom. The molecule has 23 heavy (non-hydrogen) atoms. The molecule has 0 spiro atoms.